The highest BCUT2D eigenvalue weighted by molar-refractivity contribution is 5.93. The minimum absolute atomic E-state index is 0.0209. The van der Waals surface area contributed by atoms with E-state index in [0.717, 1.165) is 19.4 Å². The Labute approximate surface area is 161 Å². The number of ether oxygens (including phenoxy) is 1. The molecule has 0 aliphatic carbocycles. The van der Waals surface area contributed by atoms with Crippen LogP contribution in [0.1, 0.15) is 24.4 Å². The first-order valence-electron chi connectivity index (χ1n) is 9.01. The van der Waals surface area contributed by atoms with Gasteiger partial charge in [0, 0.05) is 17.7 Å². The fraction of sp³-hybridized carbons (Fsp3) is 0.286. The van der Waals surface area contributed by atoms with Crippen LogP contribution in [0.4, 0.5) is 0 Å². The predicted octanol–water partition coefficient (Wildman–Crippen LogP) is 3.35. The van der Waals surface area contributed by atoms with Gasteiger partial charge in [0.05, 0.1) is 12.7 Å². The van der Waals surface area contributed by atoms with Gasteiger partial charge in [-0.25, -0.2) is 0 Å². The number of fused-ring (bicyclic) bond motifs is 1. The summed E-state index contributed by atoms with van der Waals surface area (Å²) in [6, 6.07) is 7.36. The SMILES string of the molecule is COc1c(O)c([C@H]2CCCN2C)c2oc(-c3ccc(O)cc3)cc(=O)c2c1O. The van der Waals surface area contributed by atoms with Gasteiger partial charge < -0.3 is 24.5 Å². The molecule has 28 heavy (non-hydrogen) atoms. The van der Waals surface area contributed by atoms with Crippen molar-refractivity contribution in [1.82, 2.24) is 4.90 Å². The Morgan fingerprint density at radius 2 is 1.86 bits per heavy atom. The summed E-state index contributed by atoms with van der Waals surface area (Å²) in [5.41, 5.74) is 0.729. The first kappa shape index (κ1) is 18.2. The summed E-state index contributed by atoms with van der Waals surface area (Å²) < 4.78 is 11.2. The predicted molar refractivity (Wildman–Crippen MR) is 104 cm³/mol. The van der Waals surface area contributed by atoms with Crippen molar-refractivity contribution in [3.8, 4) is 34.3 Å². The molecule has 7 heteroatoms. The van der Waals surface area contributed by atoms with Gasteiger partial charge in [-0.3, -0.25) is 9.69 Å². The molecule has 0 unspecified atom stereocenters. The van der Waals surface area contributed by atoms with Crippen molar-refractivity contribution < 1.29 is 24.5 Å². The Balaban J connectivity index is 2.07. The molecule has 2 heterocycles. The largest absolute Gasteiger partial charge is 0.508 e. The van der Waals surface area contributed by atoms with E-state index in [9.17, 15) is 20.1 Å². The second-order valence-electron chi connectivity index (χ2n) is 7.01. The van der Waals surface area contributed by atoms with E-state index in [1.807, 2.05) is 7.05 Å². The Morgan fingerprint density at radius 1 is 1.14 bits per heavy atom. The van der Waals surface area contributed by atoms with E-state index in [-0.39, 0.29) is 40.0 Å². The maximum atomic E-state index is 12.9. The van der Waals surface area contributed by atoms with Gasteiger partial charge in [0.25, 0.3) is 0 Å². The number of aromatic hydroxyl groups is 3. The molecule has 1 aliphatic heterocycles. The zero-order valence-corrected chi connectivity index (χ0v) is 15.6. The van der Waals surface area contributed by atoms with Gasteiger partial charge in [0.15, 0.2) is 22.5 Å². The topological polar surface area (TPSA) is 103 Å². The van der Waals surface area contributed by atoms with Crippen molar-refractivity contribution >= 4 is 11.0 Å². The van der Waals surface area contributed by atoms with Gasteiger partial charge in [0.2, 0.25) is 5.75 Å². The lowest BCUT2D eigenvalue weighted by Gasteiger charge is -2.23. The van der Waals surface area contributed by atoms with E-state index in [1.165, 1.54) is 25.3 Å². The maximum Gasteiger partial charge on any atom is 0.204 e. The van der Waals surface area contributed by atoms with Gasteiger partial charge in [-0.05, 0) is 50.7 Å². The smallest absolute Gasteiger partial charge is 0.204 e. The third-order valence-electron chi connectivity index (χ3n) is 5.32. The van der Waals surface area contributed by atoms with Gasteiger partial charge in [-0.15, -0.1) is 0 Å². The van der Waals surface area contributed by atoms with Crippen molar-refractivity contribution in [3.05, 3.63) is 46.1 Å². The molecule has 1 fully saturated rings. The van der Waals surface area contributed by atoms with Crippen LogP contribution in [0, 0.1) is 0 Å². The van der Waals surface area contributed by atoms with Gasteiger partial charge in [-0.1, -0.05) is 0 Å². The Bertz CT molecular complexity index is 1100. The Morgan fingerprint density at radius 3 is 2.46 bits per heavy atom. The van der Waals surface area contributed by atoms with Gasteiger partial charge >= 0.3 is 0 Å². The van der Waals surface area contributed by atoms with Crippen LogP contribution in [0.3, 0.4) is 0 Å². The molecule has 146 valence electrons. The lowest BCUT2D eigenvalue weighted by atomic mass is 9.98. The van der Waals surface area contributed by atoms with E-state index >= 15 is 0 Å². The van der Waals surface area contributed by atoms with Crippen LogP contribution in [-0.4, -0.2) is 40.9 Å². The molecule has 1 saturated heterocycles. The molecule has 0 saturated carbocycles. The first-order chi connectivity index (χ1) is 13.4. The van der Waals surface area contributed by atoms with Crippen LogP contribution >= 0.6 is 0 Å². The van der Waals surface area contributed by atoms with Crippen LogP contribution in [0.25, 0.3) is 22.3 Å². The molecule has 1 aliphatic rings. The minimum Gasteiger partial charge on any atom is -0.508 e. The number of likely N-dealkylation sites (tertiary alicyclic amines) is 1. The highest BCUT2D eigenvalue weighted by Gasteiger charge is 2.33. The van der Waals surface area contributed by atoms with E-state index < -0.39 is 11.2 Å². The van der Waals surface area contributed by atoms with E-state index in [4.69, 9.17) is 9.15 Å². The summed E-state index contributed by atoms with van der Waals surface area (Å²) in [5.74, 6) is -0.418. The van der Waals surface area contributed by atoms with Crippen LogP contribution in [0.5, 0.6) is 23.0 Å². The van der Waals surface area contributed by atoms with Crippen molar-refractivity contribution in [2.24, 2.45) is 0 Å². The fourth-order valence-electron chi connectivity index (χ4n) is 3.91. The molecule has 1 aromatic heterocycles. The molecule has 3 N–H and O–H groups in total. The number of methoxy groups -OCH3 is 1. The monoisotopic (exact) mass is 383 g/mol. The summed E-state index contributed by atoms with van der Waals surface area (Å²) in [4.78, 5) is 14.9. The van der Waals surface area contributed by atoms with Crippen molar-refractivity contribution in [2.45, 2.75) is 18.9 Å². The van der Waals surface area contributed by atoms with Crippen molar-refractivity contribution in [1.29, 1.82) is 0 Å². The molecule has 7 nitrogen and oxygen atoms in total. The standard InChI is InChI=1S/C21H21NO6/c1-22-9-3-4-13(22)16-18(25)21(27-2)19(26)17-14(24)10-15(28-20(16)17)11-5-7-12(23)8-6-11/h5-8,10,13,23,25-26H,3-4,9H2,1-2H3/t13-/m1/s1. The highest BCUT2D eigenvalue weighted by Crippen LogP contribution is 2.50. The van der Waals surface area contributed by atoms with Gasteiger partial charge in [-0.2, -0.15) is 0 Å². The van der Waals surface area contributed by atoms with E-state index in [0.29, 0.717) is 11.1 Å². The summed E-state index contributed by atoms with van der Waals surface area (Å²) in [6.07, 6.45) is 1.72. The molecule has 0 radical (unpaired) electrons. The zero-order chi connectivity index (χ0) is 20.0. The number of phenolic OH excluding ortho intramolecular Hbond substituents is 3. The average Bonchev–Trinajstić information content (AvgIpc) is 3.08. The molecule has 1 atom stereocenters. The second-order valence-corrected chi connectivity index (χ2v) is 7.01. The Kier molecular flexibility index (Phi) is 4.39. The average molecular weight is 383 g/mol. The molecule has 3 aromatic rings. The fourth-order valence-corrected chi connectivity index (χ4v) is 3.91. The van der Waals surface area contributed by atoms with Crippen molar-refractivity contribution in [2.75, 3.05) is 20.7 Å². The van der Waals surface area contributed by atoms with Crippen LogP contribution in [0.15, 0.2) is 39.5 Å². The minimum atomic E-state index is -0.443. The summed E-state index contributed by atoms with van der Waals surface area (Å²) in [6.45, 7) is 0.844. The number of nitrogens with zero attached hydrogens (tertiary/aromatic N) is 1. The highest BCUT2D eigenvalue weighted by atomic mass is 16.5. The number of hydrogen-bond acceptors (Lipinski definition) is 7. The maximum absolute atomic E-state index is 12.9. The Hall–Kier alpha value is -3.19. The van der Waals surface area contributed by atoms with Crippen LogP contribution < -0.4 is 10.2 Å². The molecule has 0 spiro atoms. The van der Waals surface area contributed by atoms with Gasteiger partial charge in [0.1, 0.15) is 16.9 Å². The number of phenols is 3. The third-order valence-corrected chi connectivity index (χ3v) is 5.32. The second kappa shape index (κ2) is 6.76. The van der Waals surface area contributed by atoms with E-state index in [2.05, 4.69) is 4.90 Å². The zero-order valence-electron chi connectivity index (χ0n) is 15.6. The summed E-state index contributed by atoms with van der Waals surface area (Å²) in [7, 11) is 3.26. The lowest BCUT2D eigenvalue weighted by molar-refractivity contribution is 0.298. The normalized spacial score (nSPS) is 17.3. The molecule has 2 aromatic carbocycles. The lowest BCUT2D eigenvalue weighted by Crippen LogP contribution is -2.18. The third kappa shape index (κ3) is 2.75. The first-order valence-corrected chi connectivity index (χ1v) is 9.01. The molecular weight excluding hydrogens is 362 g/mol. The molecular formula is C21H21NO6. The molecule has 4 rings (SSSR count). The van der Waals surface area contributed by atoms with Crippen molar-refractivity contribution in [3.63, 3.8) is 0 Å². The van der Waals surface area contributed by atoms with Crippen LogP contribution in [0.2, 0.25) is 0 Å². The number of hydrogen-bond donors (Lipinski definition) is 3. The molecule has 0 amide bonds. The van der Waals surface area contributed by atoms with E-state index in [1.54, 1.807) is 12.1 Å². The number of benzene rings is 2. The molecule has 0 bridgehead atoms. The number of rotatable bonds is 3. The van der Waals surface area contributed by atoms with Crippen LogP contribution in [-0.2, 0) is 0 Å². The quantitative estimate of drug-likeness (QED) is 0.637. The summed E-state index contributed by atoms with van der Waals surface area (Å²) in [5, 5.41) is 30.9. The summed E-state index contributed by atoms with van der Waals surface area (Å²) >= 11 is 0.